The Hall–Kier alpha value is -2.69. The molecule has 1 aliphatic carbocycles. The van der Waals surface area contributed by atoms with Gasteiger partial charge in [0.2, 0.25) is 5.91 Å². The van der Waals surface area contributed by atoms with Crippen molar-refractivity contribution >= 4 is 11.8 Å². The molecule has 0 bridgehead atoms. The van der Waals surface area contributed by atoms with E-state index in [0.717, 1.165) is 49.8 Å². The Bertz CT molecular complexity index is 877. The molecule has 2 aromatic rings. The molecule has 152 valence electrons. The smallest absolute Gasteiger partial charge is 0.253 e. The van der Waals surface area contributed by atoms with E-state index in [0.29, 0.717) is 30.5 Å². The van der Waals surface area contributed by atoms with Gasteiger partial charge in [0.05, 0.1) is 0 Å². The van der Waals surface area contributed by atoms with Gasteiger partial charge < -0.3 is 10.2 Å². The molecule has 29 heavy (non-hydrogen) atoms. The number of amides is 2. The number of carbonyl (C=O) groups excluding carboxylic acids is 2. The molecule has 1 saturated carbocycles. The summed E-state index contributed by atoms with van der Waals surface area (Å²) in [7, 11) is 0. The zero-order valence-electron chi connectivity index (χ0n) is 16.6. The van der Waals surface area contributed by atoms with Gasteiger partial charge in [-0.1, -0.05) is 24.3 Å². The molecule has 4 rings (SSSR count). The second kappa shape index (κ2) is 8.76. The van der Waals surface area contributed by atoms with E-state index in [-0.39, 0.29) is 17.6 Å². The molecule has 1 saturated heterocycles. The maximum atomic E-state index is 13.2. The zero-order valence-corrected chi connectivity index (χ0v) is 16.6. The molecular formula is C24H27FN2O2. The minimum atomic E-state index is -0.272. The minimum absolute atomic E-state index is 0.0288. The van der Waals surface area contributed by atoms with E-state index in [1.165, 1.54) is 12.1 Å². The molecule has 0 aromatic heterocycles. The van der Waals surface area contributed by atoms with Crippen LogP contribution in [0.15, 0.2) is 48.5 Å². The molecule has 1 N–H and O–H groups in total. The normalized spacial score (nSPS) is 19.1. The quantitative estimate of drug-likeness (QED) is 0.789. The predicted molar refractivity (Wildman–Crippen MR) is 111 cm³/mol. The molecule has 5 heteroatoms. The maximum absolute atomic E-state index is 13.2. The van der Waals surface area contributed by atoms with Crippen LogP contribution in [0, 0.1) is 11.7 Å². The summed E-state index contributed by atoms with van der Waals surface area (Å²) in [6.45, 7) is 1.46. The molecule has 2 aliphatic rings. The number of hydrogen-bond acceptors (Lipinski definition) is 2. The fourth-order valence-corrected chi connectivity index (χ4v) is 4.00. The number of benzene rings is 2. The number of carbonyl (C=O) groups is 2. The van der Waals surface area contributed by atoms with Gasteiger partial charge in [-0.25, -0.2) is 4.39 Å². The van der Waals surface area contributed by atoms with E-state index >= 15 is 0 Å². The topological polar surface area (TPSA) is 49.4 Å². The standard InChI is InChI=1S/C24H27FN2O2/c25-21-9-7-18(8-10-21)19-4-1-5-20(15-19)24(29)27-14-2-3-17(16-27)6-13-23(28)26-22-11-12-22/h1,4-5,7-10,15,17,22H,2-3,6,11-14,16H2,(H,26,28)/t17-/m1/s1. The summed E-state index contributed by atoms with van der Waals surface area (Å²) in [5.74, 6) is 0.271. The van der Waals surface area contributed by atoms with Crippen LogP contribution >= 0.6 is 0 Å². The Kier molecular flexibility index (Phi) is 5.93. The highest BCUT2D eigenvalue weighted by molar-refractivity contribution is 5.95. The van der Waals surface area contributed by atoms with Crippen molar-refractivity contribution < 1.29 is 14.0 Å². The molecule has 4 nitrogen and oxygen atoms in total. The van der Waals surface area contributed by atoms with Crippen molar-refractivity contribution in [2.24, 2.45) is 5.92 Å². The molecular weight excluding hydrogens is 367 g/mol. The first kappa shape index (κ1) is 19.6. The van der Waals surface area contributed by atoms with E-state index < -0.39 is 0 Å². The number of likely N-dealkylation sites (tertiary alicyclic amines) is 1. The highest BCUT2D eigenvalue weighted by Crippen LogP contribution is 2.25. The SMILES string of the molecule is O=C(CC[C@H]1CCCN(C(=O)c2cccc(-c3ccc(F)cc3)c2)C1)NC1CC1. The van der Waals surface area contributed by atoms with Crippen LogP contribution in [0.3, 0.4) is 0 Å². The molecule has 1 heterocycles. The highest BCUT2D eigenvalue weighted by atomic mass is 19.1. The summed E-state index contributed by atoms with van der Waals surface area (Å²) in [4.78, 5) is 26.9. The second-order valence-corrected chi connectivity index (χ2v) is 8.23. The van der Waals surface area contributed by atoms with Gasteiger partial charge in [-0.15, -0.1) is 0 Å². The third-order valence-electron chi connectivity index (χ3n) is 5.82. The zero-order chi connectivity index (χ0) is 20.2. The average molecular weight is 394 g/mol. The predicted octanol–water partition coefficient (Wildman–Crippen LogP) is 4.40. The highest BCUT2D eigenvalue weighted by Gasteiger charge is 2.26. The van der Waals surface area contributed by atoms with Gasteiger partial charge in [-0.3, -0.25) is 9.59 Å². The first-order valence-electron chi connectivity index (χ1n) is 10.5. The van der Waals surface area contributed by atoms with Gasteiger partial charge in [0.15, 0.2) is 0 Å². The van der Waals surface area contributed by atoms with Crippen LogP contribution in [-0.4, -0.2) is 35.8 Å². The van der Waals surface area contributed by atoms with Gasteiger partial charge >= 0.3 is 0 Å². The number of hydrogen-bond donors (Lipinski definition) is 1. The Morgan fingerprint density at radius 2 is 1.83 bits per heavy atom. The third-order valence-corrected chi connectivity index (χ3v) is 5.82. The molecule has 0 radical (unpaired) electrons. The molecule has 1 atom stereocenters. The van der Waals surface area contributed by atoms with Crippen LogP contribution in [0.1, 0.15) is 48.9 Å². The van der Waals surface area contributed by atoms with Gasteiger partial charge in [-0.05, 0) is 73.4 Å². The summed E-state index contributed by atoms with van der Waals surface area (Å²) < 4.78 is 13.2. The minimum Gasteiger partial charge on any atom is -0.353 e. The van der Waals surface area contributed by atoms with Gasteiger partial charge in [0.1, 0.15) is 5.82 Å². The van der Waals surface area contributed by atoms with Crippen molar-refractivity contribution in [3.63, 3.8) is 0 Å². The van der Waals surface area contributed by atoms with Crippen molar-refractivity contribution in [1.29, 1.82) is 0 Å². The molecule has 1 aliphatic heterocycles. The molecule has 2 fully saturated rings. The lowest BCUT2D eigenvalue weighted by molar-refractivity contribution is -0.121. The molecule has 0 spiro atoms. The van der Waals surface area contributed by atoms with Crippen molar-refractivity contribution in [2.45, 2.75) is 44.6 Å². The Labute approximate surface area is 171 Å². The monoisotopic (exact) mass is 394 g/mol. The first-order chi connectivity index (χ1) is 14.1. The van der Waals surface area contributed by atoms with Crippen molar-refractivity contribution in [1.82, 2.24) is 10.2 Å². The number of piperidine rings is 1. The molecule has 2 aromatic carbocycles. The summed E-state index contributed by atoms with van der Waals surface area (Å²) in [5, 5.41) is 3.04. The molecule has 2 amide bonds. The summed E-state index contributed by atoms with van der Waals surface area (Å²) in [5.41, 5.74) is 2.44. The fraction of sp³-hybridized carbons (Fsp3) is 0.417. The van der Waals surface area contributed by atoms with Crippen molar-refractivity contribution in [3.05, 3.63) is 59.9 Å². The van der Waals surface area contributed by atoms with Crippen LogP contribution in [0.4, 0.5) is 4.39 Å². The lowest BCUT2D eigenvalue weighted by Gasteiger charge is -2.33. The van der Waals surface area contributed by atoms with Crippen LogP contribution in [0.2, 0.25) is 0 Å². The van der Waals surface area contributed by atoms with Gasteiger partial charge in [0, 0.05) is 31.1 Å². The van der Waals surface area contributed by atoms with Crippen LogP contribution in [0.25, 0.3) is 11.1 Å². The fourth-order valence-electron chi connectivity index (χ4n) is 4.00. The van der Waals surface area contributed by atoms with E-state index in [2.05, 4.69) is 5.32 Å². The summed E-state index contributed by atoms with van der Waals surface area (Å²) in [6.07, 6.45) is 5.62. The number of nitrogens with one attached hydrogen (secondary N) is 1. The van der Waals surface area contributed by atoms with E-state index in [1.54, 1.807) is 12.1 Å². The van der Waals surface area contributed by atoms with Crippen LogP contribution in [-0.2, 0) is 4.79 Å². The Morgan fingerprint density at radius 1 is 1.03 bits per heavy atom. The van der Waals surface area contributed by atoms with Gasteiger partial charge in [0.25, 0.3) is 5.91 Å². The summed E-state index contributed by atoms with van der Waals surface area (Å²) in [6, 6.07) is 14.2. The average Bonchev–Trinajstić information content (AvgIpc) is 3.56. The van der Waals surface area contributed by atoms with E-state index in [1.807, 2.05) is 29.2 Å². The van der Waals surface area contributed by atoms with E-state index in [9.17, 15) is 14.0 Å². The van der Waals surface area contributed by atoms with Crippen molar-refractivity contribution in [3.8, 4) is 11.1 Å². The number of halogens is 1. The van der Waals surface area contributed by atoms with Crippen LogP contribution in [0.5, 0.6) is 0 Å². The Morgan fingerprint density at radius 3 is 2.59 bits per heavy atom. The second-order valence-electron chi connectivity index (χ2n) is 8.23. The van der Waals surface area contributed by atoms with Gasteiger partial charge in [-0.2, -0.15) is 0 Å². The maximum Gasteiger partial charge on any atom is 0.253 e. The number of nitrogens with zero attached hydrogens (tertiary/aromatic N) is 1. The first-order valence-corrected chi connectivity index (χ1v) is 10.5. The Balaban J connectivity index is 1.37. The third kappa shape index (κ3) is 5.22. The van der Waals surface area contributed by atoms with E-state index in [4.69, 9.17) is 0 Å². The summed E-state index contributed by atoms with van der Waals surface area (Å²) >= 11 is 0. The van der Waals surface area contributed by atoms with Crippen molar-refractivity contribution in [2.75, 3.05) is 13.1 Å². The van der Waals surface area contributed by atoms with Crippen LogP contribution < -0.4 is 5.32 Å². The molecule has 0 unspecified atom stereocenters. The largest absolute Gasteiger partial charge is 0.353 e. The lowest BCUT2D eigenvalue weighted by Crippen LogP contribution is -2.40. The number of rotatable bonds is 6. The lowest BCUT2D eigenvalue weighted by atomic mass is 9.92.